The third-order valence-electron chi connectivity index (χ3n) is 2.19. The molecule has 0 aliphatic heterocycles. The van der Waals surface area contributed by atoms with Gasteiger partial charge in [0, 0.05) is 32.7 Å². The molecule has 0 bridgehead atoms. The number of rotatable bonds is 7. The summed E-state index contributed by atoms with van der Waals surface area (Å²) in [6, 6.07) is 0. The van der Waals surface area contributed by atoms with Crippen LogP contribution in [0.15, 0.2) is 12.4 Å². The molecule has 4 nitrogen and oxygen atoms in total. The van der Waals surface area contributed by atoms with Crippen molar-refractivity contribution in [3.63, 3.8) is 0 Å². The lowest BCUT2D eigenvalue weighted by molar-refractivity contribution is 0.0665. The second-order valence-electron chi connectivity index (χ2n) is 3.72. The summed E-state index contributed by atoms with van der Waals surface area (Å²) in [5, 5.41) is 3.07. The zero-order chi connectivity index (χ0) is 12.0. The molecule has 1 heterocycles. The molecule has 0 saturated carbocycles. The van der Waals surface area contributed by atoms with E-state index in [0.29, 0.717) is 31.4 Å². The molecule has 1 unspecified atom stereocenters. The molecule has 1 atom stereocenters. The van der Waals surface area contributed by atoms with Gasteiger partial charge in [-0.05, 0) is 5.92 Å². The summed E-state index contributed by atoms with van der Waals surface area (Å²) in [6.07, 6.45) is 2.65. The first-order valence-electron chi connectivity index (χ1n) is 5.14. The SMILES string of the molecule is COCC(C)CNCc1nccn1C(F)F. The Bertz CT molecular complexity index is 304. The van der Waals surface area contributed by atoms with Crippen LogP contribution in [0.25, 0.3) is 0 Å². The minimum atomic E-state index is -2.53. The molecule has 1 N–H and O–H groups in total. The largest absolute Gasteiger partial charge is 0.384 e. The van der Waals surface area contributed by atoms with Crippen LogP contribution in [0.3, 0.4) is 0 Å². The van der Waals surface area contributed by atoms with E-state index >= 15 is 0 Å². The van der Waals surface area contributed by atoms with Crippen LogP contribution in [-0.2, 0) is 11.3 Å². The van der Waals surface area contributed by atoms with Gasteiger partial charge in [0.1, 0.15) is 5.82 Å². The quantitative estimate of drug-likeness (QED) is 0.778. The van der Waals surface area contributed by atoms with Crippen LogP contribution in [0, 0.1) is 5.92 Å². The van der Waals surface area contributed by atoms with Crippen molar-refractivity contribution in [3.8, 4) is 0 Å². The minimum Gasteiger partial charge on any atom is -0.384 e. The van der Waals surface area contributed by atoms with Crippen molar-refractivity contribution < 1.29 is 13.5 Å². The predicted octanol–water partition coefficient (Wildman–Crippen LogP) is 1.65. The van der Waals surface area contributed by atoms with E-state index in [1.54, 1.807) is 7.11 Å². The number of nitrogens with zero attached hydrogens (tertiary/aromatic N) is 2. The van der Waals surface area contributed by atoms with E-state index in [0.717, 1.165) is 4.57 Å². The van der Waals surface area contributed by atoms with Gasteiger partial charge in [0.05, 0.1) is 6.54 Å². The molecule has 0 aliphatic rings. The molecule has 0 fully saturated rings. The Morgan fingerprint density at radius 1 is 1.56 bits per heavy atom. The first-order chi connectivity index (χ1) is 7.65. The Labute approximate surface area is 93.6 Å². The third kappa shape index (κ3) is 3.86. The highest BCUT2D eigenvalue weighted by Gasteiger charge is 2.10. The van der Waals surface area contributed by atoms with Crippen molar-refractivity contribution in [1.82, 2.24) is 14.9 Å². The monoisotopic (exact) mass is 233 g/mol. The van der Waals surface area contributed by atoms with Crippen molar-refractivity contribution in [2.24, 2.45) is 5.92 Å². The summed E-state index contributed by atoms with van der Waals surface area (Å²) in [5.41, 5.74) is 0. The average molecular weight is 233 g/mol. The van der Waals surface area contributed by atoms with Crippen LogP contribution in [0.4, 0.5) is 8.78 Å². The van der Waals surface area contributed by atoms with Gasteiger partial charge < -0.3 is 10.1 Å². The van der Waals surface area contributed by atoms with Gasteiger partial charge in [-0.25, -0.2) is 4.98 Å². The number of alkyl halides is 2. The lowest BCUT2D eigenvalue weighted by atomic mass is 10.2. The molecule has 16 heavy (non-hydrogen) atoms. The molecule has 0 spiro atoms. The van der Waals surface area contributed by atoms with Gasteiger partial charge in [-0.1, -0.05) is 6.92 Å². The van der Waals surface area contributed by atoms with Crippen LogP contribution in [0.1, 0.15) is 19.3 Å². The predicted molar refractivity (Wildman–Crippen MR) is 56.2 cm³/mol. The van der Waals surface area contributed by atoms with Gasteiger partial charge in [-0.2, -0.15) is 8.78 Å². The lowest BCUT2D eigenvalue weighted by Crippen LogP contribution is -2.25. The molecule has 0 amide bonds. The number of hydrogen-bond acceptors (Lipinski definition) is 3. The second kappa shape index (κ2) is 6.55. The molecule has 0 radical (unpaired) electrons. The van der Waals surface area contributed by atoms with E-state index in [4.69, 9.17) is 4.74 Å². The smallest absolute Gasteiger partial charge is 0.319 e. The molecule has 1 rings (SSSR count). The van der Waals surface area contributed by atoms with Crippen molar-refractivity contribution in [1.29, 1.82) is 0 Å². The van der Waals surface area contributed by atoms with E-state index in [2.05, 4.69) is 10.3 Å². The van der Waals surface area contributed by atoms with Crippen LogP contribution >= 0.6 is 0 Å². The highest BCUT2D eigenvalue weighted by molar-refractivity contribution is 4.92. The van der Waals surface area contributed by atoms with Crippen molar-refractivity contribution in [2.75, 3.05) is 20.3 Å². The zero-order valence-electron chi connectivity index (χ0n) is 9.49. The minimum absolute atomic E-state index is 0.339. The van der Waals surface area contributed by atoms with Crippen molar-refractivity contribution in [2.45, 2.75) is 20.0 Å². The fourth-order valence-corrected chi connectivity index (χ4v) is 1.43. The van der Waals surface area contributed by atoms with E-state index < -0.39 is 6.55 Å². The topological polar surface area (TPSA) is 39.1 Å². The molecule has 1 aromatic rings. The summed E-state index contributed by atoms with van der Waals surface area (Å²) < 4.78 is 30.7. The van der Waals surface area contributed by atoms with Crippen molar-refractivity contribution >= 4 is 0 Å². The molecule has 0 aliphatic carbocycles. The summed E-state index contributed by atoms with van der Waals surface area (Å²) in [5.74, 6) is 0.694. The van der Waals surface area contributed by atoms with Gasteiger partial charge in [0.2, 0.25) is 0 Å². The number of aromatic nitrogens is 2. The highest BCUT2D eigenvalue weighted by atomic mass is 19.3. The highest BCUT2D eigenvalue weighted by Crippen LogP contribution is 2.11. The Morgan fingerprint density at radius 2 is 2.31 bits per heavy atom. The molecule has 1 aromatic heterocycles. The van der Waals surface area contributed by atoms with Gasteiger partial charge in [-0.3, -0.25) is 4.57 Å². The van der Waals surface area contributed by atoms with Crippen LogP contribution in [-0.4, -0.2) is 29.8 Å². The number of ether oxygens (including phenoxy) is 1. The molecule has 0 saturated heterocycles. The van der Waals surface area contributed by atoms with Crippen LogP contribution in [0.2, 0.25) is 0 Å². The molecule has 92 valence electrons. The number of halogens is 2. The Hall–Kier alpha value is -1.01. The van der Waals surface area contributed by atoms with E-state index in [1.807, 2.05) is 6.92 Å². The molecular formula is C10H17F2N3O. The normalized spacial score (nSPS) is 13.3. The maximum absolute atomic E-state index is 12.4. The molecule has 6 heteroatoms. The summed E-state index contributed by atoms with van der Waals surface area (Å²) in [4.78, 5) is 3.87. The van der Waals surface area contributed by atoms with Gasteiger partial charge >= 0.3 is 6.55 Å². The van der Waals surface area contributed by atoms with Crippen molar-refractivity contribution in [3.05, 3.63) is 18.2 Å². The number of methoxy groups -OCH3 is 1. The standard InChI is InChI=1S/C10H17F2N3O/c1-8(7-16-2)5-13-6-9-14-3-4-15(9)10(11)12/h3-4,8,10,13H,5-7H2,1-2H3. The summed E-state index contributed by atoms with van der Waals surface area (Å²) >= 11 is 0. The third-order valence-corrected chi connectivity index (χ3v) is 2.19. The zero-order valence-corrected chi connectivity index (χ0v) is 9.49. The lowest BCUT2D eigenvalue weighted by Gasteiger charge is -2.12. The fourth-order valence-electron chi connectivity index (χ4n) is 1.43. The summed E-state index contributed by atoms with van der Waals surface area (Å²) in [7, 11) is 1.64. The number of imidazole rings is 1. The van der Waals surface area contributed by atoms with Crippen LogP contribution in [0.5, 0.6) is 0 Å². The number of nitrogens with one attached hydrogen (secondary N) is 1. The fraction of sp³-hybridized carbons (Fsp3) is 0.700. The van der Waals surface area contributed by atoms with Gasteiger partial charge in [0.25, 0.3) is 0 Å². The maximum atomic E-state index is 12.4. The van der Waals surface area contributed by atoms with Gasteiger partial charge in [0.15, 0.2) is 0 Å². The second-order valence-corrected chi connectivity index (χ2v) is 3.72. The van der Waals surface area contributed by atoms with E-state index in [-0.39, 0.29) is 0 Å². The first kappa shape index (κ1) is 13.1. The Morgan fingerprint density at radius 3 is 2.94 bits per heavy atom. The number of hydrogen-bond donors (Lipinski definition) is 1. The first-order valence-corrected chi connectivity index (χ1v) is 5.14. The maximum Gasteiger partial charge on any atom is 0.319 e. The Kier molecular flexibility index (Phi) is 5.34. The van der Waals surface area contributed by atoms with Crippen LogP contribution < -0.4 is 5.32 Å². The Balaban J connectivity index is 2.34. The summed E-state index contributed by atoms with van der Waals surface area (Å²) in [6.45, 7) is 1.19. The van der Waals surface area contributed by atoms with E-state index in [9.17, 15) is 8.78 Å². The van der Waals surface area contributed by atoms with E-state index in [1.165, 1.54) is 12.4 Å². The van der Waals surface area contributed by atoms with Gasteiger partial charge in [-0.15, -0.1) is 0 Å². The average Bonchev–Trinajstić information content (AvgIpc) is 2.66. The molecular weight excluding hydrogens is 216 g/mol. The molecule has 0 aromatic carbocycles.